The number of nitrogens with zero attached hydrogens (tertiary/aromatic N) is 1. The van der Waals surface area contributed by atoms with Crippen molar-refractivity contribution in [2.24, 2.45) is 5.73 Å². The minimum Gasteiger partial charge on any atom is -0.468 e. The Morgan fingerprint density at radius 3 is 2.65 bits per heavy atom. The zero-order valence-electron chi connectivity index (χ0n) is 10.3. The lowest BCUT2D eigenvalue weighted by atomic mass is 10.2. The maximum atomic E-state index is 11.4. The Morgan fingerprint density at radius 2 is 2.24 bits per heavy atom. The Labute approximate surface area is 108 Å². The molecule has 0 aliphatic carbocycles. The van der Waals surface area contributed by atoms with Gasteiger partial charge in [0.25, 0.3) is 0 Å². The molecule has 0 fully saturated rings. The van der Waals surface area contributed by atoms with Gasteiger partial charge < -0.3 is 15.5 Å². The molecule has 1 amide bonds. The smallest absolute Gasteiger partial charge is 0.236 e. The summed E-state index contributed by atoms with van der Waals surface area (Å²) in [5.74, 6) is 0.674. The molecule has 3 N–H and O–H groups in total. The minimum absolute atomic E-state index is 0. The van der Waals surface area contributed by atoms with E-state index in [-0.39, 0.29) is 24.4 Å². The second-order valence-corrected chi connectivity index (χ2v) is 4.03. The molecule has 0 aliphatic heterocycles. The van der Waals surface area contributed by atoms with Crippen molar-refractivity contribution in [3.63, 3.8) is 0 Å². The molecule has 1 heterocycles. The van der Waals surface area contributed by atoms with Crippen LogP contribution in [0.2, 0.25) is 0 Å². The Morgan fingerprint density at radius 1 is 1.59 bits per heavy atom. The average Bonchev–Trinajstić information content (AvgIpc) is 2.70. The third-order valence-electron chi connectivity index (χ3n) is 2.38. The first-order valence-electron chi connectivity index (χ1n) is 5.25. The van der Waals surface area contributed by atoms with Gasteiger partial charge in [0, 0.05) is 6.54 Å². The molecule has 5 nitrogen and oxygen atoms in total. The maximum absolute atomic E-state index is 11.4. The van der Waals surface area contributed by atoms with E-state index in [0.29, 0.717) is 6.54 Å². The van der Waals surface area contributed by atoms with Crippen molar-refractivity contribution in [2.45, 2.75) is 19.0 Å². The number of rotatable bonds is 5. The molecule has 17 heavy (non-hydrogen) atoms. The topological polar surface area (TPSA) is 71.5 Å². The standard InChI is InChI=1S/C11H19N3O2.ClH/c1-8(12)11(15)13-7-9(14(2)3)10-5-4-6-16-10;/h4-6,8-9H,7,12H2,1-3H3,(H,13,15);1H. The molecule has 0 bridgehead atoms. The van der Waals surface area contributed by atoms with Crippen molar-refractivity contribution < 1.29 is 9.21 Å². The van der Waals surface area contributed by atoms with Gasteiger partial charge in [-0.05, 0) is 33.2 Å². The highest BCUT2D eigenvalue weighted by molar-refractivity contribution is 5.85. The van der Waals surface area contributed by atoms with E-state index in [9.17, 15) is 4.79 Å². The number of halogens is 1. The zero-order chi connectivity index (χ0) is 12.1. The third-order valence-corrected chi connectivity index (χ3v) is 2.38. The van der Waals surface area contributed by atoms with Gasteiger partial charge in [-0.3, -0.25) is 9.69 Å². The molecule has 2 atom stereocenters. The molecule has 0 saturated heterocycles. The Hall–Kier alpha value is -1.04. The molecule has 0 saturated carbocycles. The lowest BCUT2D eigenvalue weighted by Gasteiger charge is -2.23. The molecule has 6 heteroatoms. The maximum Gasteiger partial charge on any atom is 0.236 e. The van der Waals surface area contributed by atoms with Crippen LogP contribution in [0.15, 0.2) is 22.8 Å². The quantitative estimate of drug-likeness (QED) is 0.821. The number of hydrogen-bond acceptors (Lipinski definition) is 4. The van der Waals surface area contributed by atoms with E-state index in [1.807, 2.05) is 31.1 Å². The molecule has 1 aromatic rings. The van der Waals surface area contributed by atoms with Crippen molar-refractivity contribution in [1.82, 2.24) is 10.2 Å². The van der Waals surface area contributed by atoms with E-state index in [1.54, 1.807) is 13.2 Å². The van der Waals surface area contributed by atoms with Gasteiger partial charge in [0.15, 0.2) is 0 Å². The Balaban J connectivity index is 0.00000256. The largest absolute Gasteiger partial charge is 0.468 e. The SMILES string of the molecule is CC(N)C(=O)NCC(c1ccco1)N(C)C.Cl. The van der Waals surface area contributed by atoms with Gasteiger partial charge in [-0.1, -0.05) is 0 Å². The number of hydrogen-bond donors (Lipinski definition) is 2. The predicted molar refractivity (Wildman–Crippen MR) is 69.0 cm³/mol. The van der Waals surface area contributed by atoms with Crippen LogP contribution >= 0.6 is 12.4 Å². The molecule has 98 valence electrons. The van der Waals surface area contributed by atoms with Crippen molar-refractivity contribution in [2.75, 3.05) is 20.6 Å². The van der Waals surface area contributed by atoms with Crippen LogP contribution in [0.25, 0.3) is 0 Å². The van der Waals surface area contributed by atoms with Crippen LogP contribution in [0.1, 0.15) is 18.7 Å². The molecule has 0 aromatic carbocycles. The highest BCUT2D eigenvalue weighted by Crippen LogP contribution is 2.17. The Kier molecular flexibility index (Phi) is 6.87. The first-order chi connectivity index (χ1) is 7.52. The van der Waals surface area contributed by atoms with Crippen LogP contribution in [-0.2, 0) is 4.79 Å². The number of carbonyl (C=O) groups excluding carboxylic acids is 1. The number of nitrogens with two attached hydrogens (primary N) is 1. The molecular weight excluding hydrogens is 242 g/mol. The lowest BCUT2D eigenvalue weighted by molar-refractivity contribution is -0.122. The molecule has 1 rings (SSSR count). The summed E-state index contributed by atoms with van der Waals surface area (Å²) in [5.41, 5.74) is 5.47. The summed E-state index contributed by atoms with van der Waals surface area (Å²) >= 11 is 0. The molecule has 0 radical (unpaired) electrons. The number of amides is 1. The van der Waals surface area contributed by atoms with Gasteiger partial charge in [-0.25, -0.2) is 0 Å². The van der Waals surface area contributed by atoms with Crippen molar-refractivity contribution in [1.29, 1.82) is 0 Å². The number of carbonyl (C=O) groups is 1. The van der Waals surface area contributed by atoms with Crippen molar-refractivity contribution in [3.05, 3.63) is 24.2 Å². The van der Waals surface area contributed by atoms with Gasteiger partial charge >= 0.3 is 0 Å². The van der Waals surface area contributed by atoms with E-state index in [2.05, 4.69) is 5.32 Å². The predicted octanol–water partition coefficient (Wildman–Crippen LogP) is 0.767. The van der Waals surface area contributed by atoms with Crippen LogP contribution in [-0.4, -0.2) is 37.5 Å². The van der Waals surface area contributed by atoms with Gasteiger partial charge in [0.05, 0.1) is 18.3 Å². The monoisotopic (exact) mass is 261 g/mol. The second-order valence-electron chi connectivity index (χ2n) is 4.03. The first kappa shape index (κ1) is 16.0. The van der Waals surface area contributed by atoms with Crippen LogP contribution in [0.5, 0.6) is 0 Å². The molecule has 0 spiro atoms. The fraction of sp³-hybridized carbons (Fsp3) is 0.545. The lowest BCUT2D eigenvalue weighted by Crippen LogP contribution is -2.42. The van der Waals surface area contributed by atoms with E-state index in [4.69, 9.17) is 10.2 Å². The van der Waals surface area contributed by atoms with E-state index in [0.717, 1.165) is 5.76 Å². The normalized spacial score (nSPS) is 13.9. The zero-order valence-corrected chi connectivity index (χ0v) is 11.2. The molecule has 2 unspecified atom stereocenters. The second kappa shape index (κ2) is 7.32. The Bertz CT molecular complexity index is 325. The fourth-order valence-electron chi connectivity index (χ4n) is 1.38. The molecule has 1 aromatic heterocycles. The summed E-state index contributed by atoms with van der Waals surface area (Å²) in [6.07, 6.45) is 1.62. The number of likely N-dealkylation sites (N-methyl/N-ethyl adjacent to an activating group) is 1. The number of nitrogens with one attached hydrogen (secondary N) is 1. The van der Waals surface area contributed by atoms with Gasteiger partial charge in [0.2, 0.25) is 5.91 Å². The van der Waals surface area contributed by atoms with E-state index in [1.165, 1.54) is 0 Å². The summed E-state index contributed by atoms with van der Waals surface area (Å²) in [4.78, 5) is 13.3. The van der Waals surface area contributed by atoms with Crippen LogP contribution in [0.4, 0.5) is 0 Å². The first-order valence-corrected chi connectivity index (χ1v) is 5.25. The van der Waals surface area contributed by atoms with Crippen molar-refractivity contribution in [3.8, 4) is 0 Å². The molecule has 0 aliphatic rings. The number of furan rings is 1. The average molecular weight is 262 g/mol. The summed E-state index contributed by atoms with van der Waals surface area (Å²) in [7, 11) is 3.87. The summed E-state index contributed by atoms with van der Waals surface area (Å²) in [6.45, 7) is 2.15. The third kappa shape index (κ3) is 4.77. The van der Waals surface area contributed by atoms with Crippen molar-refractivity contribution >= 4 is 18.3 Å². The van der Waals surface area contributed by atoms with E-state index >= 15 is 0 Å². The minimum atomic E-state index is -0.487. The summed E-state index contributed by atoms with van der Waals surface area (Å²) in [5, 5.41) is 2.79. The van der Waals surface area contributed by atoms with Gasteiger partial charge in [-0.2, -0.15) is 0 Å². The van der Waals surface area contributed by atoms with Gasteiger partial charge in [-0.15, -0.1) is 12.4 Å². The summed E-state index contributed by atoms with van der Waals surface area (Å²) < 4.78 is 5.33. The summed E-state index contributed by atoms with van der Waals surface area (Å²) in [6, 6.07) is 3.26. The van der Waals surface area contributed by atoms with Crippen LogP contribution in [0, 0.1) is 0 Å². The van der Waals surface area contributed by atoms with Crippen LogP contribution < -0.4 is 11.1 Å². The molecular formula is C11H20ClN3O2. The van der Waals surface area contributed by atoms with Crippen LogP contribution in [0.3, 0.4) is 0 Å². The van der Waals surface area contributed by atoms with Gasteiger partial charge in [0.1, 0.15) is 5.76 Å². The highest BCUT2D eigenvalue weighted by atomic mass is 35.5. The van der Waals surface area contributed by atoms with E-state index < -0.39 is 6.04 Å². The fourth-order valence-corrected chi connectivity index (χ4v) is 1.38. The highest BCUT2D eigenvalue weighted by Gasteiger charge is 2.18.